The highest BCUT2D eigenvalue weighted by Crippen LogP contribution is 2.47. The molecule has 8 heteroatoms. The maximum Gasteiger partial charge on any atom is 0.416 e. The van der Waals surface area contributed by atoms with Crippen molar-refractivity contribution >= 4 is 11.7 Å². The van der Waals surface area contributed by atoms with Crippen LogP contribution < -0.4 is 5.48 Å². The van der Waals surface area contributed by atoms with Crippen molar-refractivity contribution in [2.24, 2.45) is 5.92 Å². The molecule has 0 bridgehead atoms. The van der Waals surface area contributed by atoms with E-state index >= 15 is 0 Å². The van der Waals surface area contributed by atoms with E-state index < -0.39 is 17.5 Å². The molecule has 1 aliphatic carbocycles. The number of nitrogens with zero attached hydrogens (tertiary/aromatic N) is 1. The predicted octanol–water partition coefficient (Wildman–Crippen LogP) is 4.11. The standard InChI is InChI=1S/C21H25F3N2O3/c1-28-19(27)15-5-4-6-17-18(14-7-9-16(10-8-14)21(22,23)24)25-29-20(17,13-15)26-11-2-3-12-26/h7-10,15,25H,2-6,11-13H2,1H3. The molecule has 1 N–H and O–H groups in total. The molecule has 158 valence electrons. The summed E-state index contributed by atoms with van der Waals surface area (Å²) in [6.45, 7) is 1.72. The number of likely N-dealkylation sites (tertiary alicyclic amines) is 1. The fraction of sp³-hybridized carbons (Fsp3) is 0.571. The minimum absolute atomic E-state index is 0.239. The van der Waals surface area contributed by atoms with Crippen LogP contribution in [0, 0.1) is 5.92 Å². The smallest absolute Gasteiger partial charge is 0.416 e. The number of esters is 1. The monoisotopic (exact) mass is 410 g/mol. The molecule has 0 amide bonds. The van der Waals surface area contributed by atoms with E-state index in [1.165, 1.54) is 19.2 Å². The van der Waals surface area contributed by atoms with Gasteiger partial charge in [-0.1, -0.05) is 12.1 Å². The Morgan fingerprint density at radius 3 is 2.52 bits per heavy atom. The number of carbonyl (C=O) groups excluding carboxylic acids is 1. The maximum absolute atomic E-state index is 12.9. The van der Waals surface area contributed by atoms with Gasteiger partial charge in [0.15, 0.2) is 5.72 Å². The second-order valence-corrected chi connectivity index (χ2v) is 7.93. The second-order valence-electron chi connectivity index (χ2n) is 7.93. The summed E-state index contributed by atoms with van der Waals surface area (Å²) in [5.41, 5.74) is 3.96. The number of rotatable bonds is 3. The van der Waals surface area contributed by atoms with Gasteiger partial charge in [-0.15, -0.1) is 0 Å². The van der Waals surface area contributed by atoms with Crippen LogP contribution in [0.5, 0.6) is 0 Å². The van der Waals surface area contributed by atoms with Gasteiger partial charge in [0.05, 0.1) is 24.3 Å². The van der Waals surface area contributed by atoms with Gasteiger partial charge >= 0.3 is 12.1 Å². The highest BCUT2D eigenvalue weighted by Gasteiger charge is 2.52. The predicted molar refractivity (Wildman–Crippen MR) is 100 cm³/mol. The summed E-state index contributed by atoms with van der Waals surface area (Å²) >= 11 is 0. The van der Waals surface area contributed by atoms with Crippen LogP contribution in [-0.2, 0) is 20.5 Å². The Labute approximate surface area is 167 Å². The lowest BCUT2D eigenvalue weighted by Gasteiger charge is -2.39. The molecule has 1 aromatic carbocycles. The first kappa shape index (κ1) is 20.2. The summed E-state index contributed by atoms with van der Waals surface area (Å²) in [6.07, 6.45) is 0.424. The number of methoxy groups -OCH3 is 1. The van der Waals surface area contributed by atoms with Crippen molar-refractivity contribution in [1.29, 1.82) is 0 Å². The fourth-order valence-corrected chi connectivity index (χ4v) is 4.79. The van der Waals surface area contributed by atoms with E-state index in [2.05, 4.69) is 10.4 Å². The summed E-state index contributed by atoms with van der Waals surface area (Å²) in [7, 11) is 1.40. The van der Waals surface area contributed by atoms with Crippen LogP contribution in [0.4, 0.5) is 13.2 Å². The normalized spacial score (nSPS) is 28.1. The van der Waals surface area contributed by atoms with Crippen LogP contribution in [0.3, 0.4) is 0 Å². The quantitative estimate of drug-likeness (QED) is 0.761. The van der Waals surface area contributed by atoms with Crippen LogP contribution >= 0.6 is 0 Å². The average molecular weight is 410 g/mol. The summed E-state index contributed by atoms with van der Waals surface area (Å²) in [5.74, 6) is -0.511. The molecule has 29 heavy (non-hydrogen) atoms. The number of ether oxygens (including phenoxy) is 1. The lowest BCUT2D eigenvalue weighted by molar-refractivity contribution is -0.163. The summed E-state index contributed by atoms with van der Waals surface area (Å²) in [6, 6.07) is 5.14. The largest absolute Gasteiger partial charge is 0.469 e. The first-order chi connectivity index (χ1) is 13.8. The van der Waals surface area contributed by atoms with Gasteiger partial charge in [-0.2, -0.15) is 13.2 Å². The number of hydrogen-bond acceptors (Lipinski definition) is 5. The zero-order valence-corrected chi connectivity index (χ0v) is 16.3. The van der Waals surface area contributed by atoms with Gasteiger partial charge in [0.2, 0.25) is 0 Å². The van der Waals surface area contributed by atoms with Crippen molar-refractivity contribution in [2.45, 2.75) is 50.4 Å². The molecule has 0 spiro atoms. The molecule has 2 unspecified atom stereocenters. The summed E-state index contributed by atoms with van der Waals surface area (Å²) in [5, 5.41) is 0. The van der Waals surface area contributed by atoms with E-state index in [0.717, 1.165) is 55.8 Å². The van der Waals surface area contributed by atoms with Gasteiger partial charge in [-0.25, -0.2) is 4.84 Å². The van der Waals surface area contributed by atoms with Gasteiger partial charge in [0.25, 0.3) is 0 Å². The molecular formula is C21H25F3N2O3. The number of hydroxylamine groups is 1. The number of nitrogens with one attached hydrogen (secondary N) is 1. The fourth-order valence-electron chi connectivity index (χ4n) is 4.79. The van der Waals surface area contributed by atoms with Gasteiger partial charge in [-0.3, -0.25) is 15.2 Å². The Hall–Kier alpha value is -2.06. The van der Waals surface area contributed by atoms with E-state index in [4.69, 9.17) is 9.57 Å². The number of alkyl halides is 3. The third kappa shape index (κ3) is 3.64. The number of fused-ring (bicyclic) bond motifs is 1. The summed E-state index contributed by atoms with van der Waals surface area (Å²) < 4.78 is 43.8. The zero-order chi connectivity index (χ0) is 20.6. The van der Waals surface area contributed by atoms with E-state index in [9.17, 15) is 18.0 Å². The topological polar surface area (TPSA) is 50.8 Å². The Balaban J connectivity index is 1.74. The molecule has 1 saturated heterocycles. The van der Waals surface area contributed by atoms with E-state index in [1.807, 2.05) is 0 Å². The molecular weight excluding hydrogens is 385 g/mol. The van der Waals surface area contributed by atoms with Gasteiger partial charge in [0.1, 0.15) is 0 Å². The van der Waals surface area contributed by atoms with Crippen molar-refractivity contribution in [1.82, 2.24) is 10.4 Å². The molecule has 1 saturated carbocycles. The first-order valence-electron chi connectivity index (χ1n) is 10.0. The molecule has 4 rings (SSSR count). The molecule has 2 fully saturated rings. The van der Waals surface area contributed by atoms with Crippen LogP contribution in [0.2, 0.25) is 0 Å². The number of benzene rings is 1. The first-order valence-corrected chi connectivity index (χ1v) is 10.0. The molecule has 2 aliphatic heterocycles. The molecule has 2 atom stereocenters. The highest BCUT2D eigenvalue weighted by molar-refractivity contribution is 5.74. The van der Waals surface area contributed by atoms with Gasteiger partial charge < -0.3 is 4.74 Å². The van der Waals surface area contributed by atoms with Crippen LogP contribution in [-0.4, -0.2) is 36.8 Å². The lowest BCUT2D eigenvalue weighted by Crippen LogP contribution is -2.51. The second kappa shape index (κ2) is 7.65. The minimum atomic E-state index is -4.37. The van der Waals surface area contributed by atoms with Crippen molar-refractivity contribution in [3.8, 4) is 0 Å². The maximum atomic E-state index is 12.9. The number of carbonyl (C=O) groups is 1. The van der Waals surface area contributed by atoms with Gasteiger partial charge in [0, 0.05) is 30.6 Å². The molecule has 0 radical (unpaired) electrons. The molecule has 0 aromatic heterocycles. The highest BCUT2D eigenvalue weighted by atomic mass is 19.4. The van der Waals surface area contributed by atoms with E-state index in [1.54, 1.807) is 0 Å². The Morgan fingerprint density at radius 1 is 1.21 bits per heavy atom. The van der Waals surface area contributed by atoms with Crippen LogP contribution in [0.15, 0.2) is 29.8 Å². The van der Waals surface area contributed by atoms with Crippen molar-refractivity contribution in [3.05, 3.63) is 41.0 Å². The molecule has 3 aliphatic rings. The third-order valence-electron chi connectivity index (χ3n) is 6.25. The third-order valence-corrected chi connectivity index (χ3v) is 6.25. The number of hydrogen-bond donors (Lipinski definition) is 1. The lowest BCUT2D eigenvalue weighted by atomic mass is 9.89. The molecule has 5 nitrogen and oxygen atoms in total. The van der Waals surface area contributed by atoms with Crippen molar-refractivity contribution in [3.63, 3.8) is 0 Å². The SMILES string of the molecule is COC(=O)C1CCCC2=C(c3ccc(C(F)(F)F)cc3)NOC2(N2CCCC2)C1. The Morgan fingerprint density at radius 2 is 1.90 bits per heavy atom. The van der Waals surface area contributed by atoms with Crippen LogP contribution in [0.25, 0.3) is 5.70 Å². The zero-order valence-electron chi connectivity index (χ0n) is 16.3. The minimum Gasteiger partial charge on any atom is -0.469 e. The Bertz CT molecular complexity index is 800. The van der Waals surface area contributed by atoms with Crippen molar-refractivity contribution < 1.29 is 27.5 Å². The van der Waals surface area contributed by atoms with E-state index in [0.29, 0.717) is 24.8 Å². The summed E-state index contributed by atoms with van der Waals surface area (Å²) in [4.78, 5) is 20.7. The number of halogens is 3. The van der Waals surface area contributed by atoms with Crippen LogP contribution in [0.1, 0.15) is 49.7 Å². The van der Waals surface area contributed by atoms with Gasteiger partial charge in [-0.05, 0) is 44.2 Å². The van der Waals surface area contributed by atoms with Crippen molar-refractivity contribution in [2.75, 3.05) is 20.2 Å². The Kier molecular flexibility index (Phi) is 5.33. The van der Waals surface area contributed by atoms with E-state index in [-0.39, 0.29) is 11.9 Å². The molecule has 2 heterocycles. The average Bonchev–Trinajstić information content (AvgIpc) is 3.32. The molecule has 1 aromatic rings.